The third kappa shape index (κ3) is 1.59. The Labute approximate surface area is 81.4 Å². The van der Waals surface area contributed by atoms with Crippen LogP contribution in [0.5, 0.6) is 0 Å². The van der Waals surface area contributed by atoms with Crippen molar-refractivity contribution in [3.05, 3.63) is 36.7 Å². The van der Waals surface area contributed by atoms with Gasteiger partial charge in [0.1, 0.15) is 0 Å². The third-order valence-corrected chi connectivity index (χ3v) is 2.15. The van der Waals surface area contributed by atoms with Crippen LogP contribution < -0.4 is 0 Å². The SMILES string of the molecule is O=C1C=CC(=O)N1CCn1cccc1. The van der Waals surface area contributed by atoms with Gasteiger partial charge in [-0.1, -0.05) is 0 Å². The summed E-state index contributed by atoms with van der Waals surface area (Å²) >= 11 is 0. The van der Waals surface area contributed by atoms with Crippen LogP contribution in [0.1, 0.15) is 0 Å². The minimum atomic E-state index is -0.220. The van der Waals surface area contributed by atoms with Gasteiger partial charge in [-0.15, -0.1) is 0 Å². The van der Waals surface area contributed by atoms with E-state index in [0.29, 0.717) is 13.1 Å². The van der Waals surface area contributed by atoms with E-state index in [1.165, 1.54) is 17.1 Å². The van der Waals surface area contributed by atoms with E-state index in [-0.39, 0.29) is 11.8 Å². The van der Waals surface area contributed by atoms with Gasteiger partial charge < -0.3 is 4.57 Å². The van der Waals surface area contributed by atoms with Crippen LogP contribution in [0.15, 0.2) is 36.7 Å². The Kier molecular flexibility index (Phi) is 2.18. The number of hydrogen-bond donors (Lipinski definition) is 0. The minimum Gasteiger partial charge on any atom is -0.352 e. The maximum atomic E-state index is 11.2. The molecule has 0 N–H and O–H groups in total. The standard InChI is InChI=1S/C10H10N2O2/c13-9-3-4-10(14)12(9)8-7-11-5-1-2-6-11/h1-6H,7-8H2. The molecule has 0 aliphatic carbocycles. The van der Waals surface area contributed by atoms with E-state index in [4.69, 9.17) is 0 Å². The van der Waals surface area contributed by atoms with Gasteiger partial charge in [0.15, 0.2) is 0 Å². The van der Waals surface area contributed by atoms with Gasteiger partial charge in [-0.05, 0) is 12.1 Å². The molecule has 0 unspecified atom stereocenters. The quantitative estimate of drug-likeness (QED) is 0.648. The summed E-state index contributed by atoms with van der Waals surface area (Å²) in [4.78, 5) is 23.5. The smallest absolute Gasteiger partial charge is 0.253 e. The van der Waals surface area contributed by atoms with Crippen LogP contribution in [-0.4, -0.2) is 27.8 Å². The first kappa shape index (κ1) is 8.74. The first-order chi connectivity index (χ1) is 6.77. The molecule has 4 nitrogen and oxygen atoms in total. The van der Waals surface area contributed by atoms with Crippen LogP contribution in [0, 0.1) is 0 Å². The second-order valence-electron chi connectivity index (χ2n) is 3.08. The van der Waals surface area contributed by atoms with Crippen molar-refractivity contribution in [2.24, 2.45) is 0 Å². The lowest BCUT2D eigenvalue weighted by Crippen LogP contribution is -2.32. The summed E-state index contributed by atoms with van der Waals surface area (Å²) in [6.45, 7) is 1.07. The fraction of sp³-hybridized carbons (Fsp3) is 0.200. The number of carbonyl (C=O) groups excluding carboxylic acids is 2. The average Bonchev–Trinajstić information content (AvgIpc) is 2.76. The third-order valence-electron chi connectivity index (χ3n) is 2.15. The number of hydrogen-bond acceptors (Lipinski definition) is 2. The molecule has 1 aromatic rings. The normalized spacial score (nSPS) is 15.6. The number of nitrogens with zero attached hydrogens (tertiary/aromatic N) is 2. The van der Waals surface area contributed by atoms with Crippen LogP contribution >= 0.6 is 0 Å². The molecule has 0 radical (unpaired) electrons. The molecule has 1 aliphatic rings. The fourth-order valence-electron chi connectivity index (χ4n) is 1.39. The Morgan fingerprint density at radius 3 is 2.07 bits per heavy atom. The predicted molar refractivity (Wildman–Crippen MR) is 50.3 cm³/mol. The molecule has 4 heteroatoms. The Morgan fingerprint density at radius 2 is 1.50 bits per heavy atom. The van der Waals surface area contributed by atoms with Gasteiger partial charge >= 0.3 is 0 Å². The molecule has 72 valence electrons. The molecule has 0 spiro atoms. The number of rotatable bonds is 3. The van der Waals surface area contributed by atoms with Gasteiger partial charge in [-0.3, -0.25) is 14.5 Å². The lowest BCUT2D eigenvalue weighted by atomic mass is 10.5. The summed E-state index contributed by atoms with van der Waals surface area (Å²) in [5.41, 5.74) is 0. The molecule has 0 saturated heterocycles. The van der Waals surface area contributed by atoms with Crippen LogP contribution in [0.2, 0.25) is 0 Å². The van der Waals surface area contributed by atoms with Crippen LogP contribution in [-0.2, 0) is 16.1 Å². The Bertz CT molecular complexity index is 361. The van der Waals surface area contributed by atoms with Crippen LogP contribution in [0.25, 0.3) is 0 Å². The van der Waals surface area contributed by atoms with Crippen molar-refractivity contribution in [2.75, 3.05) is 6.54 Å². The molecule has 1 aromatic heterocycles. The zero-order valence-corrected chi connectivity index (χ0v) is 7.59. The van der Waals surface area contributed by atoms with E-state index in [1.807, 2.05) is 29.1 Å². The summed E-state index contributed by atoms with van der Waals surface area (Å²) in [6, 6.07) is 3.82. The predicted octanol–water partition coefficient (Wildman–Crippen LogP) is 0.413. The van der Waals surface area contributed by atoms with Crippen molar-refractivity contribution >= 4 is 11.8 Å². The second kappa shape index (κ2) is 3.49. The van der Waals surface area contributed by atoms with Gasteiger partial charge in [0.25, 0.3) is 11.8 Å². The highest BCUT2D eigenvalue weighted by molar-refractivity contribution is 6.12. The first-order valence-corrected chi connectivity index (χ1v) is 4.41. The topological polar surface area (TPSA) is 42.3 Å². The molecule has 0 saturated carbocycles. The Hall–Kier alpha value is -1.84. The molecule has 0 aromatic carbocycles. The lowest BCUT2D eigenvalue weighted by molar-refractivity contribution is -0.136. The summed E-state index contributed by atoms with van der Waals surface area (Å²) in [5, 5.41) is 0. The molecule has 0 bridgehead atoms. The number of aromatic nitrogens is 1. The van der Waals surface area contributed by atoms with E-state index >= 15 is 0 Å². The average molecular weight is 190 g/mol. The second-order valence-corrected chi connectivity index (χ2v) is 3.08. The van der Waals surface area contributed by atoms with E-state index in [0.717, 1.165) is 0 Å². The molecular formula is C10H10N2O2. The maximum absolute atomic E-state index is 11.2. The lowest BCUT2D eigenvalue weighted by Gasteiger charge is -2.13. The molecule has 2 amide bonds. The Morgan fingerprint density at radius 1 is 0.929 bits per heavy atom. The van der Waals surface area contributed by atoms with Gasteiger partial charge in [-0.2, -0.15) is 0 Å². The van der Waals surface area contributed by atoms with Gasteiger partial charge in [0.05, 0.1) is 0 Å². The number of carbonyl (C=O) groups is 2. The van der Waals surface area contributed by atoms with Crippen molar-refractivity contribution in [3.63, 3.8) is 0 Å². The van der Waals surface area contributed by atoms with Crippen molar-refractivity contribution in [1.29, 1.82) is 0 Å². The molecule has 2 rings (SSSR count). The monoisotopic (exact) mass is 190 g/mol. The van der Waals surface area contributed by atoms with E-state index in [9.17, 15) is 9.59 Å². The van der Waals surface area contributed by atoms with Crippen molar-refractivity contribution in [1.82, 2.24) is 9.47 Å². The summed E-state index contributed by atoms with van der Waals surface area (Å²) < 4.78 is 1.93. The largest absolute Gasteiger partial charge is 0.352 e. The zero-order valence-electron chi connectivity index (χ0n) is 7.59. The molecule has 0 fully saturated rings. The number of imide groups is 1. The molecule has 1 aliphatic heterocycles. The molecular weight excluding hydrogens is 180 g/mol. The van der Waals surface area contributed by atoms with Crippen molar-refractivity contribution in [3.8, 4) is 0 Å². The maximum Gasteiger partial charge on any atom is 0.253 e. The minimum absolute atomic E-state index is 0.220. The van der Waals surface area contributed by atoms with Gasteiger partial charge in [-0.25, -0.2) is 0 Å². The fourth-order valence-corrected chi connectivity index (χ4v) is 1.39. The highest BCUT2D eigenvalue weighted by atomic mass is 16.2. The summed E-state index contributed by atoms with van der Waals surface area (Å²) in [7, 11) is 0. The van der Waals surface area contributed by atoms with Gasteiger partial charge in [0.2, 0.25) is 0 Å². The Balaban J connectivity index is 1.93. The highest BCUT2D eigenvalue weighted by Gasteiger charge is 2.22. The molecule has 0 atom stereocenters. The number of amides is 2. The van der Waals surface area contributed by atoms with Crippen LogP contribution in [0.3, 0.4) is 0 Å². The molecule has 14 heavy (non-hydrogen) atoms. The van der Waals surface area contributed by atoms with Crippen molar-refractivity contribution in [2.45, 2.75) is 6.54 Å². The summed E-state index contributed by atoms with van der Waals surface area (Å²) in [6.07, 6.45) is 6.41. The van der Waals surface area contributed by atoms with Gasteiger partial charge in [0, 0.05) is 37.6 Å². The van der Waals surface area contributed by atoms with Crippen LogP contribution in [0.4, 0.5) is 0 Å². The highest BCUT2D eigenvalue weighted by Crippen LogP contribution is 2.03. The van der Waals surface area contributed by atoms with E-state index in [1.54, 1.807) is 0 Å². The van der Waals surface area contributed by atoms with E-state index < -0.39 is 0 Å². The summed E-state index contributed by atoms with van der Waals surface area (Å²) in [5.74, 6) is -0.440. The van der Waals surface area contributed by atoms with E-state index in [2.05, 4.69) is 0 Å². The van der Waals surface area contributed by atoms with Crippen molar-refractivity contribution < 1.29 is 9.59 Å². The zero-order chi connectivity index (χ0) is 9.97. The first-order valence-electron chi connectivity index (χ1n) is 4.41. The molecule has 2 heterocycles.